The summed E-state index contributed by atoms with van der Waals surface area (Å²) >= 11 is 0. The average Bonchev–Trinajstić information content (AvgIpc) is 3.35. The predicted molar refractivity (Wildman–Crippen MR) is 111 cm³/mol. The summed E-state index contributed by atoms with van der Waals surface area (Å²) in [4.78, 5) is 24.6. The number of Topliss-reactive ketones (excluding diaryl/α,β-unsaturated/α-hetero) is 1. The zero-order valence-corrected chi connectivity index (χ0v) is 17.6. The smallest absolute Gasteiger partial charge is 0.338 e. The van der Waals surface area contributed by atoms with Crippen LogP contribution in [0.25, 0.3) is 0 Å². The Kier molecular flexibility index (Phi) is 6.24. The van der Waals surface area contributed by atoms with Gasteiger partial charge in [-0.05, 0) is 54.6 Å². The van der Waals surface area contributed by atoms with Crippen LogP contribution in [0, 0.1) is 0 Å². The van der Waals surface area contributed by atoms with Gasteiger partial charge < -0.3 is 18.6 Å². The lowest BCUT2D eigenvalue weighted by atomic mass is 10.1. The largest absolute Gasteiger partial charge is 0.486 e. The van der Waals surface area contributed by atoms with Crippen LogP contribution in [0.1, 0.15) is 26.5 Å². The maximum Gasteiger partial charge on any atom is 0.338 e. The number of ketones is 1. The van der Waals surface area contributed by atoms with E-state index in [9.17, 15) is 18.0 Å². The number of carbonyl (C=O) groups is 2. The lowest BCUT2D eigenvalue weighted by Crippen LogP contribution is -2.23. The third-order valence-corrected chi connectivity index (χ3v) is 6.03. The zero-order chi connectivity index (χ0) is 22.6. The number of benzene rings is 2. The topological polar surface area (TPSA) is 121 Å². The first-order valence-electron chi connectivity index (χ1n) is 9.64. The maximum absolute atomic E-state index is 12.4. The van der Waals surface area contributed by atoms with E-state index in [0.29, 0.717) is 36.0 Å². The number of rotatable bonds is 8. The van der Waals surface area contributed by atoms with E-state index in [0.717, 1.165) is 0 Å². The molecule has 32 heavy (non-hydrogen) atoms. The van der Waals surface area contributed by atoms with Crippen LogP contribution in [0.5, 0.6) is 11.5 Å². The van der Waals surface area contributed by atoms with E-state index in [1.807, 2.05) is 0 Å². The van der Waals surface area contributed by atoms with Gasteiger partial charge in [0.1, 0.15) is 19.0 Å². The second-order valence-corrected chi connectivity index (χ2v) is 8.55. The summed E-state index contributed by atoms with van der Waals surface area (Å²) in [6.45, 7) is 0.367. The first kappa shape index (κ1) is 21.6. The molecule has 1 aliphatic heterocycles. The molecule has 0 fully saturated rings. The molecule has 0 radical (unpaired) electrons. The first-order chi connectivity index (χ1) is 15.4. The molecule has 0 aliphatic carbocycles. The van der Waals surface area contributed by atoms with Crippen molar-refractivity contribution >= 4 is 21.8 Å². The Balaban J connectivity index is 1.34. The highest BCUT2D eigenvalue weighted by molar-refractivity contribution is 7.89. The van der Waals surface area contributed by atoms with Crippen molar-refractivity contribution in [3.8, 4) is 11.5 Å². The fourth-order valence-corrected chi connectivity index (χ4v) is 3.94. The number of ether oxygens (including phenoxy) is 3. The Bertz CT molecular complexity index is 1220. The summed E-state index contributed by atoms with van der Waals surface area (Å²) in [5.41, 5.74) is 0.441. The van der Waals surface area contributed by atoms with Crippen LogP contribution in [0.2, 0.25) is 0 Å². The Hall–Kier alpha value is -3.63. The van der Waals surface area contributed by atoms with Crippen LogP contribution in [0.4, 0.5) is 0 Å². The monoisotopic (exact) mass is 457 g/mol. The summed E-state index contributed by atoms with van der Waals surface area (Å²) < 4.78 is 48.1. The van der Waals surface area contributed by atoms with Gasteiger partial charge in [0.05, 0.1) is 23.3 Å². The highest BCUT2D eigenvalue weighted by Gasteiger charge is 2.18. The molecule has 0 bridgehead atoms. The molecule has 1 aliphatic rings. The predicted octanol–water partition coefficient (Wildman–Crippen LogP) is 2.57. The van der Waals surface area contributed by atoms with Crippen LogP contribution in [0.3, 0.4) is 0 Å². The van der Waals surface area contributed by atoms with E-state index in [4.69, 9.17) is 18.6 Å². The molecule has 0 atom stereocenters. The number of hydrogen-bond acceptors (Lipinski definition) is 8. The van der Waals surface area contributed by atoms with Crippen molar-refractivity contribution in [3.63, 3.8) is 0 Å². The summed E-state index contributed by atoms with van der Waals surface area (Å²) in [6.07, 6.45) is 1.45. The van der Waals surface area contributed by atoms with Gasteiger partial charge in [-0.3, -0.25) is 4.79 Å². The molecule has 9 nitrogen and oxygen atoms in total. The minimum Gasteiger partial charge on any atom is -0.486 e. The molecule has 0 spiro atoms. The van der Waals surface area contributed by atoms with Gasteiger partial charge in [-0.15, -0.1) is 0 Å². The standard InChI is InChI=1S/C22H19NO8S/c24-19(16-5-8-20-21(12-16)30-11-10-29-20)14-31-22(25)15-3-6-18(7-4-15)32(26,27)23-13-17-2-1-9-28-17/h1-9,12,23H,10-11,13-14H2. The first-order valence-corrected chi connectivity index (χ1v) is 11.1. The van der Waals surface area contributed by atoms with Crippen molar-refractivity contribution in [3.05, 3.63) is 77.7 Å². The van der Waals surface area contributed by atoms with Gasteiger partial charge in [-0.25, -0.2) is 17.9 Å². The summed E-state index contributed by atoms with van der Waals surface area (Å²) in [5, 5.41) is 0. The van der Waals surface area contributed by atoms with Gasteiger partial charge in [0, 0.05) is 5.56 Å². The van der Waals surface area contributed by atoms with Gasteiger partial charge in [0.2, 0.25) is 10.0 Å². The molecule has 2 heterocycles. The van der Waals surface area contributed by atoms with Gasteiger partial charge in [-0.2, -0.15) is 0 Å². The van der Waals surface area contributed by atoms with Crippen LogP contribution in [-0.2, 0) is 21.3 Å². The van der Waals surface area contributed by atoms with Crippen molar-refractivity contribution in [2.75, 3.05) is 19.8 Å². The van der Waals surface area contributed by atoms with Crippen molar-refractivity contribution in [1.29, 1.82) is 0 Å². The zero-order valence-electron chi connectivity index (χ0n) is 16.8. The van der Waals surface area contributed by atoms with Crippen molar-refractivity contribution in [2.45, 2.75) is 11.4 Å². The molecule has 0 unspecified atom stereocenters. The minimum atomic E-state index is -3.79. The third kappa shape index (κ3) is 4.98. The molecule has 4 rings (SSSR count). The van der Waals surface area contributed by atoms with E-state index in [-0.39, 0.29) is 17.0 Å². The Morgan fingerprint density at radius 1 is 0.938 bits per heavy atom. The molecule has 2 aromatic carbocycles. The van der Waals surface area contributed by atoms with Crippen molar-refractivity contribution < 1.29 is 36.6 Å². The molecular formula is C22H19NO8S. The quantitative estimate of drug-likeness (QED) is 0.405. The van der Waals surface area contributed by atoms with E-state index < -0.39 is 28.4 Å². The summed E-state index contributed by atoms with van der Waals surface area (Å²) in [7, 11) is -3.79. The molecule has 0 saturated heterocycles. The molecule has 3 aromatic rings. The number of furan rings is 1. The highest BCUT2D eigenvalue weighted by atomic mass is 32.2. The van der Waals surface area contributed by atoms with Crippen LogP contribution < -0.4 is 14.2 Å². The minimum absolute atomic E-state index is 0.00109. The summed E-state index contributed by atoms with van der Waals surface area (Å²) in [6, 6.07) is 13.2. The van der Waals surface area contributed by atoms with E-state index >= 15 is 0 Å². The van der Waals surface area contributed by atoms with E-state index in [2.05, 4.69) is 4.72 Å². The van der Waals surface area contributed by atoms with Crippen LogP contribution in [0.15, 0.2) is 70.2 Å². The molecule has 0 amide bonds. The summed E-state index contributed by atoms with van der Waals surface area (Å²) in [5.74, 6) is 0.334. The number of carbonyl (C=O) groups excluding carboxylic acids is 2. The van der Waals surface area contributed by atoms with E-state index in [1.54, 1.807) is 30.3 Å². The van der Waals surface area contributed by atoms with Gasteiger partial charge in [0.15, 0.2) is 23.9 Å². The molecule has 10 heteroatoms. The Morgan fingerprint density at radius 2 is 1.66 bits per heavy atom. The van der Waals surface area contributed by atoms with Gasteiger partial charge >= 0.3 is 5.97 Å². The lowest BCUT2D eigenvalue weighted by molar-refractivity contribution is 0.0474. The Morgan fingerprint density at radius 3 is 2.38 bits per heavy atom. The number of hydrogen-bond donors (Lipinski definition) is 1. The van der Waals surface area contributed by atoms with Crippen molar-refractivity contribution in [1.82, 2.24) is 4.72 Å². The molecule has 1 N–H and O–H groups in total. The molecular weight excluding hydrogens is 438 g/mol. The number of sulfonamides is 1. The van der Waals surface area contributed by atoms with Gasteiger partial charge in [0.25, 0.3) is 0 Å². The fourth-order valence-electron chi connectivity index (χ4n) is 2.95. The van der Waals surface area contributed by atoms with E-state index in [1.165, 1.54) is 30.5 Å². The Labute approximate surface area is 183 Å². The average molecular weight is 457 g/mol. The molecule has 166 valence electrons. The van der Waals surface area contributed by atoms with Crippen molar-refractivity contribution in [2.24, 2.45) is 0 Å². The SMILES string of the molecule is O=C(COC(=O)c1ccc(S(=O)(=O)NCc2ccco2)cc1)c1ccc2c(c1)OCCO2. The van der Waals surface area contributed by atoms with Gasteiger partial charge in [-0.1, -0.05) is 0 Å². The van der Waals surface area contributed by atoms with Crippen LogP contribution in [-0.4, -0.2) is 40.0 Å². The second-order valence-electron chi connectivity index (χ2n) is 6.79. The fraction of sp³-hybridized carbons (Fsp3) is 0.182. The molecule has 1 aromatic heterocycles. The number of nitrogens with one attached hydrogen (secondary N) is 1. The van der Waals surface area contributed by atoms with Crippen LogP contribution >= 0.6 is 0 Å². The number of fused-ring (bicyclic) bond motifs is 1. The number of esters is 1. The third-order valence-electron chi connectivity index (χ3n) is 4.62. The highest BCUT2D eigenvalue weighted by Crippen LogP contribution is 2.30. The normalized spacial score (nSPS) is 12.9. The maximum atomic E-state index is 12.4. The second kappa shape index (κ2) is 9.25. The lowest BCUT2D eigenvalue weighted by Gasteiger charge is -2.18. The molecule has 0 saturated carbocycles.